The molecule has 4 heteroatoms. The van der Waals surface area contributed by atoms with Gasteiger partial charge in [-0.1, -0.05) is 6.92 Å². The molecule has 0 radical (unpaired) electrons. The molecule has 1 amide bonds. The van der Waals surface area contributed by atoms with E-state index in [1.807, 2.05) is 12.1 Å². The molecule has 2 aliphatic rings. The van der Waals surface area contributed by atoms with Crippen LogP contribution < -0.4 is 10.2 Å². The topological polar surface area (TPSA) is 35.6 Å². The Hall–Kier alpha value is -1.55. The second-order valence-corrected chi connectivity index (χ2v) is 7.35. The van der Waals surface area contributed by atoms with Gasteiger partial charge in [-0.2, -0.15) is 0 Å². The molecule has 2 heterocycles. The molecule has 2 saturated heterocycles. The lowest BCUT2D eigenvalue weighted by atomic mass is 10.1. The molecule has 1 aromatic rings. The maximum Gasteiger partial charge on any atom is 0.251 e. The zero-order valence-electron chi connectivity index (χ0n) is 14.6. The lowest BCUT2D eigenvalue weighted by Crippen LogP contribution is -2.40. The van der Waals surface area contributed by atoms with Crippen molar-refractivity contribution < 1.29 is 4.79 Å². The maximum atomic E-state index is 12.5. The van der Waals surface area contributed by atoms with Crippen molar-refractivity contribution in [3.8, 4) is 0 Å². The van der Waals surface area contributed by atoms with Crippen molar-refractivity contribution in [1.82, 2.24) is 10.2 Å². The molecule has 2 unspecified atom stereocenters. The second-order valence-electron chi connectivity index (χ2n) is 7.35. The number of nitrogens with zero attached hydrogens (tertiary/aromatic N) is 2. The number of rotatable bonds is 4. The summed E-state index contributed by atoms with van der Waals surface area (Å²) in [5, 5.41) is 3.22. The fourth-order valence-electron chi connectivity index (χ4n) is 3.66. The van der Waals surface area contributed by atoms with E-state index in [4.69, 9.17) is 0 Å². The number of benzene rings is 1. The molecule has 23 heavy (non-hydrogen) atoms. The van der Waals surface area contributed by atoms with E-state index in [0.29, 0.717) is 12.0 Å². The summed E-state index contributed by atoms with van der Waals surface area (Å²) in [6, 6.07) is 8.88. The minimum Gasteiger partial charge on any atom is -0.372 e. The number of amides is 1. The quantitative estimate of drug-likeness (QED) is 0.928. The van der Waals surface area contributed by atoms with E-state index in [1.165, 1.54) is 18.5 Å². The number of hydrogen-bond donors (Lipinski definition) is 1. The van der Waals surface area contributed by atoms with Crippen LogP contribution in [0.25, 0.3) is 0 Å². The summed E-state index contributed by atoms with van der Waals surface area (Å²) in [4.78, 5) is 17.3. The lowest BCUT2D eigenvalue weighted by Gasteiger charge is -2.20. The third-order valence-electron chi connectivity index (χ3n) is 5.29. The molecule has 126 valence electrons. The van der Waals surface area contributed by atoms with E-state index < -0.39 is 0 Å². The van der Waals surface area contributed by atoms with Crippen LogP contribution in [-0.4, -0.2) is 49.1 Å². The Bertz CT molecular complexity index is 534. The molecule has 0 aliphatic carbocycles. The van der Waals surface area contributed by atoms with Gasteiger partial charge in [-0.05, 0) is 56.9 Å². The molecule has 1 N–H and O–H groups in total. The summed E-state index contributed by atoms with van der Waals surface area (Å²) < 4.78 is 0. The molecular formula is C19H29N3O. The predicted octanol–water partition coefficient (Wildman–Crippen LogP) is 2.75. The number of nitrogens with one attached hydrogen (secondary N) is 1. The highest BCUT2D eigenvalue weighted by atomic mass is 16.1. The summed E-state index contributed by atoms with van der Waals surface area (Å²) >= 11 is 0. The largest absolute Gasteiger partial charge is 0.372 e. The van der Waals surface area contributed by atoms with Gasteiger partial charge in [0.25, 0.3) is 5.91 Å². The Kier molecular flexibility index (Phi) is 4.90. The summed E-state index contributed by atoms with van der Waals surface area (Å²) in [5.41, 5.74) is 2.00. The van der Waals surface area contributed by atoms with Crippen LogP contribution >= 0.6 is 0 Å². The molecule has 3 rings (SSSR count). The summed E-state index contributed by atoms with van der Waals surface area (Å²) in [6.45, 7) is 10.9. The van der Waals surface area contributed by atoms with Gasteiger partial charge in [-0.25, -0.2) is 0 Å². The lowest BCUT2D eigenvalue weighted by molar-refractivity contribution is 0.0930. The highest BCUT2D eigenvalue weighted by Gasteiger charge is 2.31. The van der Waals surface area contributed by atoms with Crippen LogP contribution in [0.15, 0.2) is 24.3 Å². The molecule has 0 aromatic heterocycles. The molecule has 2 aliphatic heterocycles. The molecule has 1 aromatic carbocycles. The average molecular weight is 315 g/mol. The Labute approximate surface area is 139 Å². The first-order valence-electron chi connectivity index (χ1n) is 8.94. The minimum absolute atomic E-state index is 0.0560. The summed E-state index contributed by atoms with van der Waals surface area (Å²) in [7, 11) is 0. The summed E-state index contributed by atoms with van der Waals surface area (Å²) in [5.74, 6) is 0.561. The van der Waals surface area contributed by atoms with Gasteiger partial charge in [-0.15, -0.1) is 0 Å². The van der Waals surface area contributed by atoms with Crippen LogP contribution in [-0.2, 0) is 0 Å². The zero-order valence-corrected chi connectivity index (χ0v) is 14.6. The fourth-order valence-corrected chi connectivity index (χ4v) is 3.66. The fraction of sp³-hybridized carbons (Fsp3) is 0.632. The first-order valence-corrected chi connectivity index (χ1v) is 8.94. The first kappa shape index (κ1) is 16.3. The van der Waals surface area contributed by atoms with E-state index in [9.17, 15) is 4.79 Å². The molecule has 0 bridgehead atoms. The summed E-state index contributed by atoms with van der Waals surface area (Å²) in [6.07, 6.45) is 2.54. The molecule has 2 atom stereocenters. The first-order chi connectivity index (χ1) is 11.0. The predicted molar refractivity (Wildman–Crippen MR) is 95.0 cm³/mol. The van der Waals surface area contributed by atoms with E-state index in [2.05, 4.69) is 48.0 Å². The van der Waals surface area contributed by atoms with Gasteiger partial charge in [0, 0.05) is 49.5 Å². The van der Waals surface area contributed by atoms with Crippen molar-refractivity contribution in [2.75, 3.05) is 31.1 Å². The third kappa shape index (κ3) is 3.69. The second kappa shape index (κ2) is 6.91. The molecule has 4 nitrogen and oxygen atoms in total. The van der Waals surface area contributed by atoms with E-state index in [1.54, 1.807) is 0 Å². The Morgan fingerprint density at radius 3 is 2.35 bits per heavy atom. The van der Waals surface area contributed by atoms with Gasteiger partial charge in [-0.3, -0.25) is 9.69 Å². The van der Waals surface area contributed by atoms with E-state index in [0.717, 1.165) is 31.7 Å². The molecule has 2 fully saturated rings. The van der Waals surface area contributed by atoms with Crippen molar-refractivity contribution >= 4 is 11.6 Å². The van der Waals surface area contributed by atoms with Gasteiger partial charge >= 0.3 is 0 Å². The average Bonchev–Trinajstić information content (AvgIpc) is 3.18. The highest BCUT2D eigenvalue weighted by molar-refractivity contribution is 5.94. The highest BCUT2D eigenvalue weighted by Crippen LogP contribution is 2.22. The van der Waals surface area contributed by atoms with Crippen molar-refractivity contribution in [2.45, 2.75) is 45.7 Å². The molecular weight excluding hydrogens is 286 g/mol. The Morgan fingerprint density at radius 1 is 1.13 bits per heavy atom. The third-order valence-corrected chi connectivity index (χ3v) is 5.29. The molecule has 0 spiro atoms. The Balaban J connectivity index is 1.60. The van der Waals surface area contributed by atoms with Crippen molar-refractivity contribution in [1.29, 1.82) is 0 Å². The number of anilines is 1. The van der Waals surface area contributed by atoms with E-state index in [-0.39, 0.29) is 11.9 Å². The van der Waals surface area contributed by atoms with Gasteiger partial charge in [0.05, 0.1) is 0 Å². The minimum atomic E-state index is 0.0560. The van der Waals surface area contributed by atoms with Crippen molar-refractivity contribution in [3.63, 3.8) is 0 Å². The number of carbonyl (C=O) groups is 1. The maximum absolute atomic E-state index is 12.5. The van der Waals surface area contributed by atoms with Crippen LogP contribution in [0, 0.1) is 5.92 Å². The zero-order chi connectivity index (χ0) is 16.4. The van der Waals surface area contributed by atoms with Crippen LogP contribution in [0.2, 0.25) is 0 Å². The van der Waals surface area contributed by atoms with Crippen LogP contribution in [0.4, 0.5) is 5.69 Å². The van der Waals surface area contributed by atoms with Crippen LogP contribution in [0.5, 0.6) is 0 Å². The standard InChI is InChI=1S/C19H29N3O/c1-14(2)22-12-15(3)18(13-22)20-19(23)16-6-8-17(9-7-16)21-10-4-5-11-21/h6-9,14-15,18H,4-5,10-13H2,1-3H3,(H,20,23). The van der Waals surface area contributed by atoms with E-state index >= 15 is 0 Å². The smallest absolute Gasteiger partial charge is 0.251 e. The normalized spacial score (nSPS) is 25.3. The van der Waals surface area contributed by atoms with Crippen molar-refractivity contribution in [3.05, 3.63) is 29.8 Å². The number of likely N-dealkylation sites (tertiary alicyclic amines) is 1. The van der Waals surface area contributed by atoms with Gasteiger partial charge in [0.15, 0.2) is 0 Å². The Morgan fingerprint density at radius 2 is 1.78 bits per heavy atom. The monoisotopic (exact) mass is 315 g/mol. The number of hydrogen-bond acceptors (Lipinski definition) is 3. The van der Waals surface area contributed by atoms with Crippen molar-refractivity contribution in [2.24, 2.45) is 5.92 Å². The SMILES string of the molecule is CC1CN(C(C)C)CC1NC(=O)c1ccc(N2CCCC2)cc1. The number of carbonyl (C=O) groups excluding carboxylic acids is 1. The van der Waals surface area contributed by atoms with Gasteiger partial charge < -0.3 is 10.2 Å². The molecule has 0 saturated carbocycles. The van der Waals surface area contributed by atoms with Crippen LogP contribution in [0.3, 0.4) is 0 Å². The van der Waals surface area contributed by atoms with Gasteiger partial charge in [0.1, 0.15) is 0 Å². The van der Waals surface area contributed by atoms with Crippen LogP contribution in [0.1, 0.15) is 44.0 Å². The van der Waals surface area contributed by atoms with Gasteiger partial charge in [0.2, 0.25) is 0 Å².